The maximum absolute atomic E-state index is 8.52. The first kappa shape index (κ1) is 30.6. The van der Waals surface area contributed by atoms with Gasteiger partial charge in [0, 0.05) is 10.4 Å². The van der Waals surface area contributed by atoms with E-state index in [1.54, 1.807) is 0 Å². The number of rotatable bonds is 10. The summed E-state index contributed by atoms with van der Waals surface area (Å²) in [5.41, 5.74) is 0. The van der Waals surface area contributed by atoms with Crippen LogP contribution in [0.2, 0.25) is 0 Å². The van der Waals surface area contributed by atoms with Crippen LogP contribution in [0.5, 0.6) is 0 Å². The van der Waals surface area contributed by atoms with Crippen molar-refractivity contribution < 1.29 is 86.4 Å². The van der Waals surface area contributed by atoms with Gasteiger partial charge in [0.15, 0.2) is 0 Å². The topological polar surface area (TPSA) is 98.7 Å². The molecule has 0 aromatic heterocycles. The minimum Gasteiger partial charge on any atom is -0.759 e. The minimum atomic E-state index is -5.17. The molecule has 0 spiro atoms. The molecule has 118 valence electrons. The van der Waals surface area contributed by atoms with Crippen molar-refractivity contribution in [3.8, 4) is 0 Å². The van der Waals surface area contributed by atoms with Gasteiger partial charge in [-0.25, -0.2) is 9.78 Å². The van der Waals surface area contributed by atoms with Gasteiger partial charge in [-0.2, -0.15) is 0 Å². The SMILES string of the molecule is CCCCCCCCC(C)OOCC.O=S(=O)([O-])[O-].[Na+].[Na+]. The Kier molecular flexibility index (Phi) is 31.8. The number of unbranched alkanes of at least 4 members (excludes halogenated alkanes) is 5. The van der Waals surface area contributed by atoms with Crippen molar-refractivity contribution in [2.75, 3.05) is 6.61 Å². The van der Waals surface area contributed by atoms with Gasteiger partial charge < -0.3 is 9.11 Å². The Morgan fingerprint density at radius 3 is 1.81 bits per heavy atom. The molecule has 0 bridgehead atoms. The van der Waals surface area contributed by atoms with E-state index in [4.69, 9.17) is 27.3 Å². The van der Waals surface area contributed by atoms with Crippen LogP contribution in [0.3, 0.4) is 0 Å². The minimum absolute atomic E-state index is 0. The molecule has 0 saturated heterocycles. The summed E-state index contributed by atoms with van der Waals surface area (Å²) in [6.45, 7) is 6.90. The third-order valence-electron chi connectivity index (χ3n) is 2.31. The second-order valence-electron chi connectivity index (χ2n) is 4.28. The first-order valence-electron chi connectivity index (χ1n) is 6.76. The summed E-state index contributed by atoms with van der Waals surface area (Å²) in [4.78, 5) is 10.0. The van der Waals surface area contributed by atoms with E-state index >= 15 is 0 Å². The molecule has 0 radical (unpaired) electrons. The zero-order valence-electron chi connectivity index (χ0n) is 14.1. The van der Waals surface area contributed by atoms with Gasteiger partial charge in [0.25, 0.3) is 0 Å². The van der Waals surface area contributed by atoms with Crippen molar-refractivity contribution in [1.29, 1.82) is 0 Å². The zero-order valence-corrected chi connectivity index (χ0v) is 18.9. The fourth-order valence-electron chi connectivity index (χ4n) is 1.44. The van der Waals surface area contributed by atoms with Gasteiger partial charge in [0.1, 0.15) is 0 Å². The Balaban J connectivity index is -0.000000179. The molecule has 6 nitrogen and oxygen atoms in total. The predicted octanol–water partition coefficient (Wildman–Crippen LogP) is -3.24. The summed E-state index contributed by atoms with van der Waals surface area (Å²) in [5.74, 6) is 0. The Labute approximate surface area is 173 Å². The number of hydrogen-bond acceptors (Lipinski definition) is 6. The van der Waals surface area contributed by atoms with Gasteiger partial charge in [-0.05, 0) is 20.3 Å². The van der Waals surface area contributed by atoms with Crippen molar-refractivity contribution in [3.05, 3.63) is 0 Å². The second-order valence-corrected chi connectivity index (χ2v) is 5.09. The summed E-state index contributed by atoms with van der Waals surface area (Å²) in [5, 5.41) is 0. The van der Waals surface area contributed by atoms with Crippen LogP contribution in [-0.4, -0.2) is 30.2 Å². The maximum atomic E-state index is 8.52. The average molecular weight is 344 g/mol. The van der Waals surface area contributed by atoms with Gasteiger partial charge in [-0.1, -0.05) is 45.4 Å². The molecule has 21 heavy (non-hydrogen) atoms. The molecule has 1 unspecified atom stereocenters. The van der Waals surface area contributed by atoms with E-state index in [1.165, 1.54) is 38.5 Å². The van der Waals surface area contributed by atoms with E-state index in [-0.39, 0.29) is 65.2 Å². The van der Waals surface area contributed by atoms with Gasteiger partial charge in [0.2, 0.25) is 0 Å². The van der Waals surface area contributed by atoms with Crippen LogP contribution in [0.1, 0.15) is 65.7 Å². The molecule has 0 aliphatic rings. The van der Waals surface area contributed by atoms with E-state index < -0.39 is 10.4 Å². The van der Waals surface area contributed by atoms with Crippen LogP contribution in [0, 0.1) is 0 Å². The zero-order chi connectivity index (χ0) is 15.1. The fourth-order valence-corrected chi connectivity index (χ4v) is 1.44. The summed E-state index contributed by atoms with van der Waals surface area (Å²) in [7, 11) is -5.17. The third kappa shape index (κ3) is 44.9. The average Bonchev–Trinajstić information content (AvgIpc) is 2.29. The van der Waals surface area contributed by atoms with Crippen LogP contribution in [0.15, 0.2) is 0 Å². The molecule has 0 amide bonds. The molecule has 0 aromatic rings. The van der Waals surface area contributed by atoms with Crippen LogP contribution < -0.4 is 59.1 Å². The molecule has 0 aliphatic carbocycles. The van der Waals surface area contributed by atoms with Gasteiger partial charge in [0.05, 0.1) is 12.7 Å². The molecule has 1 atom stereocenters. The standard InChI is InChI=1S/C12H26O2.2Na.H2O4S/c1-4-6-7-8-9-10-11-12(3)14-13-5-2;;;1-5(2,3)4/h12H,4-11H2,1-3H3;;;(H2,1,2,3,4)/q;2*+1;/p-2. The van der Waals surface area contributed by atoms with Gasteiger partial charge in [-0.15, -0.1) is 0 Å². The van der Waals surface area contributed by atoms with Crippen LogP contribution in [0.25, 0.3) is 0 Å². The summed E-state index contributed by atoms with van der Waals surface area (Å²) in [6, 6.07) is 0. The Bertz CT molecular complexity index is 267. The normalized spacial score (nSPS) is 11.5. The van der Waals surface area contributed by atoms with Crippen molar-refractivity contribution in [2.45, 2.75) is 71.8 Å². The van der Waals surface area contributed by atoms with E-state index in [2.05, 4.69) is 13.8 Å². The van der Waals surface area contributed by atoms with Crippen LogP contribution >= 0.6 is 0 Å². The molecule has 0 aromatic carbocycles. The molecular weight excluding hydrogens is 318 g/mol. The molecular formula is C12H26Na2O6S. The van der Waals surface area contributed by atoms with E-state index in [0.29, 0.717) is 6.61 Å². The first-order chi connectivity index (χ1) is 8.81. The summed E-state index contributed by atoms with van der Waals surface area (Å²) >= 11 is 0. The molecule has 0 rings (SSSR count). The number of hydrogen-bond donors (Lipinski definition) is 0. The molecule has 9 heteroatoms. The molecule has 0 aliphatic heterocycles. The quantitative estimate of drug-likeness (QED) is 0.103. The first-order valence-corrected chi connectivity index (χ1v) is 8.09. The smallest absolute Gasteiger partial charge is 0.759 e. The predicted molar refractivity (Wildman–Crippen MR) is 70.6 cm³/mol. The van der Waals surface area contributed by atoms with Crippen molar-refractivity contribution in [2.24, 2.45) is 0 Å². The summed E-state index contributed by atoms with van der Waals surface area (Å²) in [6.07, 6.45) is 9.42. The van der Waals surface area contributed by atoms with Crippen molar-refractivity contribution >= 4 is 10.4 Å². The fraction of sp³-hybridized carbons (Fsp3) is 1.00. The van der Waals surface area contributed by atoms with Gasteiger partial charge >= 0.3 is 59.1 Å². The third-order valence-corrected chi connectivity index (χ3v) is 2.31. The second kappa shape index (κ2) is 21.8. The van der Waals surface area contributed by atoms with Crippen LogP contribution in [0.4, 0.5) is 0 Å². The Hall–Kier alpha value is 1.79. The van der Waals surface area contributed by atoms with E-state index in [1.807, 2.05) is 6.92 Å². The molecule has 0 fully saturated rings. The van der Waals surface area contributed by atoms with E-state index in [0.717, 1.165) is 6.42 Å². The molecule has 0 saturated carbocycles. The van der Waals surface area contributed by atoms with Crippen molar-refractivity contribution in [1.82, 2.24) is 0 Å². The Morgan fingerprint density at radius 1 is 0.952 bits per heavy atom. The van der Waals surface area contributed by atoms with E-state index in [9.17, 15) is 0 Å². The molecule has 0 heterocycles. The van der Waals surface area contributed by atoms with Crippen molar-refractivity contribution in [3.63, 3.8) is 0 Å². The van der Waals surface area contributed by atoms with Crippen LogP contribution in [-0.2, 0) is 20.2 Å². The molecule has 0 N–H and O–H groups in total. The summed E-state index contributed by atoms with van der Waals surface area (Å²) < 4.78 is 34.1. The maximum Gasteiger partial charge on any atom is 1.00 e. The Morgan fingerprint density at radius 2 is 1.38 bits per heavy atom. The monoisotopic (exact) mass is 344 g/mol. The van der Waals surface area contributed by atoms with Gasteiger partial charge in [-0.3, -0.25) is 8.42 Å². The largest absolute Gasteiger partial charge is 1.00 e.